The summed E-state index contributed by atoms with van der Waals surface area (Å²) in [6, 6.07) is 5.88. The van der Waals surface area contributed by atoms with Crippen molar-refractivity contribution in [1.29, 1.82) is 0 Å². The summed E-state index contributed by atoms with van der Waals surface area (Å²) in [5, 5.41) is 0. The van der Waals surface area contributed by atoms with Crippen LogP contribution < -0.4 is 5.73 Å². The van der Waals surface area contributed by atoms with Gasteiger partial charge in [0, 0.05) is 12.8 Å². The highest BCUT2D eigenvalue weighted by Crippen LogP contribution is 2.16. The van der Waals surface area contributed by atoms with Crippen molar-refractivity contribution in [3.8, 4) is 0 Å². The molecule has 0 spiro atoms. The molecule has 2 N–H and O–H groups in total. The zero-order chi connectivity index (χ0) is 11.3. The molecule has 0 aliphatic carbocycles. The minimum atomic E-state index is 0.107. The number of hydrogen-bond donors (Lipinski definition) is 1. The van der Waals surface area contributed by atoms with Gasteiger partial charge in [-0.05, 0) is 31.0 Å². The Morgan fingerprint density at radius 2 is 2.13 bits per heavy atom. The van der Waals surface area contributed by atoms with Gasteiger partial charge in [-0.25, -0.2) is 0 Å². The van der Waals surface area contributed by atoms with E-state index in [0.717, 1.165) is 16.8 Å². The molecule has 0 radical (unpaired) electrons. The Morgan fingerprint density at radius 3 is 2.80 bits per heavy atom. The standard InChI is InChI=1S/C12H19NO2/c1-9(7-14-3)15-8-11-5-4-6-12(13)10(11)2/h4-6,9H,7-8,13H2,1-3H3. The molecule has 0 fully saturated rings. The number of methoxy groups -OCH3 is 1. The summed E-state index contributed by atoms with van der Waals surface area (Å²) in [4.78, 5) is 0. The predicted octanol–water partition coefficient (Wildman–Crippen LogP) is 2.13. The van der Waals surface area contributed by atoms with E-state index in [4.69, 9.17) is 15.2 Å². The van der Waals surface area contributed by atoms with Crippen LogP contribution in [-0.2, 0) is 16.1 Å². The van der Waals surface area contributed by atoms with E-state index in [9.17, 15) is 0 Å². The summed E-state index contributed by atoms with van der Waals surface area (Å²) in [5.74, 6) is 0. The molecule has 1 atom stereocenters. The Bertz CT molecular complexity index is 312. The lowest BCUT2D eigenvalue weighted by Crippen LogP contribution is -2.15. The summed E-state index contributed by atoms with van der Waals surface area (Å²) in [7, 11) is 1.67. The van der Waals surface area contributed by atoms with Gasteiger partial charge in [0.15, 0.2) is 0 Å². The first-order chi connectivity index (χ1) is 7.15. The third-order valence-electron chi connectivity index (χ3n) is 2.41. The summed E-state index contributed by atoms with van der Waals surface area (Å²) in [6.07, 6.45) is 0.107. The topological polar surface area (TPSA) is 44.5 Å². The van der Waals surface area contributed by atoms with Gasteiger partial charge in [0.05, 0.1) is 19.3 Å². The molecule has 0 aliphatic heterocycles. The second-order valence-corrected chi connectivity index (χ2v) is 3.71. The Morgan fingerprint density at radius 1 is 1.40 bits per heavy atom. The van der Waals surface area contributed by atoms with E-state index in [2.05, 4.69) is 0 Å². The first kappa shape index (κ1) is 12.0. The fourth-order valence-corrected chi connectivity index (χ4v) is 1.37. The van der Waals surface area contributed by atoms with Crippen molar-refractivity contribution in [2.75, 3.05) is 19.5 Å². The number of nitrogens with two attached hydrogens (primary N) is 1. The van der Waals surface area contributed by atoms with Crippen LogP contribution in [0.4, 0.5) is 5.69 Å². The lowest BCUT2D eigenvalue weighted by Gasteiger charge is -2.14. The van der Waals surface area contributed by atoms with Crippen LogP contribution in [0.25, 0.3) is 0 Å². The minimum absolute atomic E-state index is 0.107. The van der Waals surface area contributed by atoms with Crippen LogP contribution in [0.2, 0.25) is 0 Å². The monoisotopic (exact) mass is 209 g/mol. The van der Waals surface area contributed by atoms with Crippen molar-refractivity contribution < 1.29 is 9.47 Å². The molecule has 1 aromatic rings. The van der Waals surface area contributed by atoms with Gasteiger partial charge in [-0.2, -0.15) is 0 Å². The van der Waals surface area contributed by atoms with Crippen LogP contribution in [-0.4, -0.2) is 19.8 Å². The van der Waals surface area contributed by atoms with Crippen molar-refractivity contribution in [3.05, 3.63) is 29.3 Å². The molecule has 3 heteroatoms. The molecule has 3 nitrogen and oxygen atoms in total. The fraction of sp³-hybridized carbons (Fsp3) is 0.500. The highest BCUT2D eigenvalue weighted by Gasteiger charge is 2.05. The van der Waals surface area contributed by atoms with Crippen molar-refractivity contribution in [2.24, 2.45) is 0 Å². The second-order valence-electron chi connectivity index (χ2n) is 3.71. The van der Waals surface area contributed by atoms with Crippen molar-refractivity contribution in [2.45, 2.75) is 26.6 Å². The van der Waals surface area contributed by atoms with Crippen molar-refractivity contribution >= 4 is 5.69 Å². The van der Waals surface area contributed by atoms with Crippen molar-refractivity contribution in [3.63, 3.8) is 0 Å². The third-order valence-corrected chi connectivity index (χ3v) is 2.41. The zero-order valence-corrected chi connectivity index (χ0v) is 9.62. The Labute approximate surface area is 91.2 Å². The average Bonchev–Trinajstić information content (AvgIpc) is 2.21. The Kier molecular flexibility index (Phi) is 4.59. The molecule has 0 aromatic heterocycles. The normalized spacial score (nSPS) is 12.7. The molecule has 0 bridgehead atoms. The maximum atomic E-state index is 5.81. The fourth-order valence-electron chi connectivity index (χ4n) is 1.37. The molecular weight excluding hydrogens is 190 g/mol. The van der Waals surface area contributed by atoms with Crippen LogP contribution in [0.5, 0.6) is 0 Å². The van der Waals surface area contributed by atoms with Gasteiger partial charge in [0.1, 0.15) is 0 Å². The molecule has 1 unspecified atom stereocenters. The Hall–Kier alpha value is -1.06. The number of ether oxygens (including phenoxy) is 2. The number of rotatable bonds is 5. The largest absolute Gasteiger partial charge is 0.399 e. The van der Waals surface area contributed by atoms with Gasteiger partial charge >= 0.3 is 0 Å². The van der Waals surface area contributed by atoms with Crippen molar-refractivity contribution in [1.82, 2.24) is 0 Å². The first-order valence-electron chi connectivity index (χ1n) is 5.09. The highest BCUT2D eigenvalue weighted by atomic mass is 16.5. The summed E-state index contributed by atoms with van der Waals surface area (Å²) in [5.41, 5.74) is 8.86. The molecule has 0 amide bonds. The van der Waals surface area contributed by atoms with E-state index in [1.807, 2.05) is 32.0 Å². The molecule has 0 aliphatic rings. The maximum absolute atomic E-state index is 5.81. The van der Waals surface area contributed by atoms with Gasteiger partial charge in [0.25, 0.3) is 0 Å². The highest BCUT2D eigenvalue weighted by molar-refractivity contribution is 5.49. The second kappa shape index (κ2) is 5.73. The van der Waals surface area contributed by atoms with Crippen LogP contribution in [0.3, 0.4) is 0 Å². The molecule has 1 rings (SSSR count). The summed E-state index contributed by atoms with van der Waals surface area (Å²) < 4.78 is 10.6. The zero-order valence-electron chi connectivity index (χ0n) is 9.62. The van der Waals surface area contributed by atoms with E-state index in [0.29, 0.717) is 13.2 Å². The number of hydrogen-bond acceptors (Lipinski definition) is 3. The van der Waals surface area contributed by atoms with Gasteiger partial charge in [0.2, 0.25) is 0 Å². The average molecular weight is 209 g/mol. The van der Waals surface area contributed by atoms with Gasteiger partial charge in [-0.1, -0.05) is 12.1 Å². The molecule has 15 heavy (non-hydrogen) atoms. The van der Waals surface area contributed by atoms with Crippen LogP contribution >= 0.6 is 0 Å². The molecule has 0 heterocycles. The van der Waals surface area contributed by atoms with Gasteiger partial charge in [-0.15, -0.1) is 0 Å². The van der Waals surface area contributed by atoms with Gasteiger partial charge in [-0.3, -0.25) is 0 Å². The number of benzene rings is 1. The van der Waals surface area contributed by atoms with Crippen LogP contribution in [0, 0.1) is 6.92 Å². The van der Waals surface area contributed by atoms with E-state index in [-0.39, 0.29) is 6.10 Å². The number of anilines is 1. The summed E-state index contributed by atoms with van der Waals surface area (Å²) >= 11 is 0. The smallest absolute Gasteiger partial charge is 0.0784 e. The quantitative estimate of drug-likeness (QED) is 0.755. The van der Waals surface area contributed by atoms with E-state index < -0.39 is 0 Å². The molecule has 0 saturated carbocycles. The molecular formula is C12H19NO2. The SMILES string of the molecule is COCC(C)OCc1cccc(N)c1C. The van der Waals surface area contributed by atoms with E-state index in [1.165, 1.54) is 0 Å². The lowest BCUT2D eigenvalue weighted by molar-refractivity contribution is -0.000277. The van der Waals surface area contributed by atoms with Crippen LogP contribution in [0.15, 0.2) is 18.2 Å². The minimum Gasteiger partial charge on any atom is -0.399 e. The van der Waals surface area contributed by atoms with Crippen LogP contribution in [0.1, 0.15) is 18.1 Å². The lowest BCUT2D eigenvalue weighted by atomic mass is 10.1. The third kappa shape index (κ3) is 3.53. The predicted molar refractivity (Wildman–Crippen MR) is 61.7 cm³/mol. The maximum Gasteiger partial charge on any atom is 0.0784 e. The molecule has 84 valence electrons. The van der Waals surface area contributed by atoms with E-state index in [1.54, 1.807) is 7.11 Å². The molecule has 1 aromatic carbocycles. The van der Waals surface area contributed by atoms with Gasteiger partial charge < -0.3 is 15.2 Å². The number of nitrogen functional groups attached to an aromatic ring is 1. The summed E-state index contributed by atoms with van der Waals surface area (Å²) in [6.45, 7) is 5.20. The molecule has 0 saturated heterocycles. The first-order valence-corrected chi connectivity index (χ1v) is 5.09. The van der Waals surface area contributed by atoms with E-state index >= 15 is 0 Å². The Balaban J connectivity index is 2.54.